The summed E-state index contributed by atoms with van der Waals surface area (Å²) >= 11 is 3.41. The predicted molar refractivity (Wildman–Crippen MR) is 79.5 cm³/mol. The molecule has 4 heteroatoms. The van der Waals surface area contributed by atoms with Crippen LogP contribution in [0.25, 0.3) is 0 Å². The van der Waals surface area contributed by atoms with Crippen molar-refractivity contribution in [3.8, 4) is 5.75 Å². The van der Waals surface area contributed by atoms with Crippen molar-refractivity contribution in [3.63, 3.8) is 0 Å². The Morgan fingerprint density at radius 3 is 2.79 bits per heavy atom. The summed E-state index contributed by atoms with van der Waals surface area (Å²) in [6.45, 7) is 0.383. The lowest BCUT2D eigenvalue weighted by Gasteiger charge is -2.06. The quantitative estimate of drug-likeness (QED) is 0.616. The van der Waals surface area contributed by atoms with Crippen LogP contribution in [0.2, 0.25) is 0 Å². The van der Waals surface area contributed by atoms with Gasteiger partial charge in [-0.2, -0.15) is 0 Å². The van der Waals surface area contributed by atoms with Gasteiger partial charge in [0.2, 0.25) is 0 Å². The van der Waals surface area contributed by atoms with E-state index in [4.69, 9.17) is 9.57 Å². The molecule has 0 bridgehead atoms. The van der Waals surface area contributed by atoms with Crippen LogP contribution in [0.1, 0.15) is 11.1 Å². The smallest absolute Gasteiger partial charge is 0.145 e. The van der Waals surface area contributed by atoms with Crippen LogP contribution in [0.5, 0.6) is 5.75 Å². The standard InChI is InChI=1S/C15H14BrNO2/c1-18-15-8-3-2-6-13(15)11-19-17-10-12-5-4-7-14(16)9-12/h2-10H,11H2,1H3. The van der Waals surface area contributed by atoms with E-state index in [9.17, 15) is 0 Å². The van der Waals surface area contributed by atoms with Crippen molar-refractivity contribution in [3.05, 3.63) is 64.1 Å². The second-order valence-electron chi connectivity index (χ2n) is 3.87. The highest BCUT2D eigenvalue weighted by Gasteiger charge is 2.00. The first-order valence-electron chi connectivity index (χ1n) is 5.82. The maximum atomic E-state index is 5.28. The van der Waals surface area contributed by atoms with E-state index in [2.05, 4.69) is 21.1 Å². The number of para-hydroxylation sites is 1. The first-order chi connectivity index (χ1) is 9.29. The van der Waals surface area contributed by atoms with Crippen LogP contribution in [0.4, 0.5) is 0 Å². The van der Waals surface area contributed by atoms with Crippen LogP contribution in [-0.2, 0) is 11.4 Å². The molecule has 0 aliphatic heterocycles. The van der Waals surface area contributed by atoms with Crippen LogP contribution in [0, 0.1) is 0 Å². The molecule has 3 nitrogen and oxygen atoms in total. The Bertz CT molecular complexity index is 570. The van der Waals surface area contributed by atoms with E-state index >= 15 is 0 Å². The summed E-state index contributed by atoms with van der Waals surface area (Å²) in [5.41, 5.74) is 1.95. The molecule has 0 N–H and O–H groups in total. The van der Waals surface area contributed by atoms with Crippen molar-refractivity contribution < 1.29 is 9.57 Å². The Hall–Kier alpha value is -1.81. The third-order valence-electron chi connectivity index (χ3n) is 2.54. The third-order valence-corrected chi connectivity index (χ3v) is 3.03. The first kappa shape index (κ1) is 13.6. The summed E-state index contributed by atoms with van der Waals surface area (Å²) in [7, 11) is 1.64. The van der Waals surface area contributed by atoms with Gasteiger partial charge < -0.3 is 9.57 Å². The molecule has 2 aromatic rings. The van der Waals surface area contributed by atoms with Gasteiger partial charge in [-0.1, -0.05) is 51.4 Å². The van der Waals surface area contributed by atoms with Crippen molar-refractivity contribution in [2.24, 2.45) is 5.16 Å². The zero-order valence-corrected chi connectivity index (χ0v) is 12.1. The third kappa shape index (κ3) is 4.10. The van der Waals surface area contributed by atoms with Gasteiger partial charge in [-0.3, -0.25) is 0 Å². The lowest BCUT2D eigenvalue weighted by molar-refractivity contribution is 0.130. The van der Waals surface area contributed by atoms with Crippen LogP contribution in [0.3, 0.4) is 0 Å². The Labute approximate surface area is 121 Å². The minimum atomic E-state index is 0.383. The molecule has 0 aliphatic carbocycles. The summed E-state index contributed by atoms with van der Waals surface area (Å²) in [4.78, 5) is 5.28. The Morgan fingerprint density at radius 1 is 1.16 bits per heavy atom. The zero-order valence-electron chi connectivity index (χ0n) is 10.5. The van der Waals surface area contributed by atoms with E-state index in [1.54, 1.807) is 13.3 Å². The van der Waals surface area contributed by atoms with E-state index in [-0.39, 0.29) is 0 Å². The minimum Gasteiger partial charge on any atom is -0.496 e. The van der Waals surface area contributed by atoms with E-state index in [1.807, 2.05) is 48.5 Å². The number of halogens is 1. The highest BCUT2D eigenvalue weighted by Crippen LogP contribution is 2.18. The molecule has 19 heavy (non-hydrogen) atoms. The number of ether oxygens (including phenoxy) is 1. The van der Waals surface area contributed by atoms with Crippen LogP contribution in [0.15, 0.2) is 58.2 Å². The molecule has 0 fully saturated rings. The van der Waals surface area contributed by atoms with Gasteiger partial charge in [-0.15, -0.1) is 0 Å². The summed E-state index contributed by atoms with van der Waals surface area (Å²) in [5.74, 6) is 0.806. The Kier molecular flexibility index (Phi) is 4.98. The summed E-state index contributed by atoms with van der Waals surface area (Å²) in [6.07, 6.45) is 1.68. The number of oxime groups is 1. The van der Waals surface area contributed by atoms with Crippen molar-refractivity contribution in [1.29, 1.82) is 0 Å². The summed E-state index contributed by atoms with van der Waals surface area (Å²) < 4.78 is 6.25. The number of benzene rings is 2. The molecule has 0 saturated carbocycles. The molecule has 0 aliphatic rings. The van der Waals surface area contributed by atoms with E-state index in [0.29, 0.717) is 6.61 Å². The number of hydrogen-bond donors (Lipinski definition) is 0. The second-order valence-corrected chi connectivity index (χ2v) is 4.79. The van der Waals surface area contributed by atoms with Gasteiger partial charge in [0.1, 0.15) is 12.4 Å². The van der Waals surface area contributed by atoms with Crippen molar-refractivity contribution in [1.82, 2.24) is 0 Å². The fourth-order valence-corrected chi connectivity index (χ4v) is 2.03. The fraction of sp³-hybridized carbons (Fsp3) is 0.133. The van der Waals surface area contributed by atoms with Gasteiger partial charge in [0.15, 0.2) is 0 Å². The molecule has 0 heterocycles. The van der Waals surface area contributed by atoms with Crippen LogP contribution >= 0.6 is 15.9 Å². The molecule has 2 rings (SSSR count). The molecule has 0 saturated heterocycles. The average Bonchev–Trinajstić information content (AvgIpc) is 2.44. The molecule has 0 radical (unpaired) electrons. The van der Waals surface area contributed by atoms with Crippen LogP contribution < -0.4 is 4.74 Å². The van der Waals surface area contributed by atoms with Crippen molar-refractivity contribution in [2.45, 2.75) is 6.61 Å². The highest BCUT2D eigenvalue weighted by atomic mass is 79.9. The van der Waals surface area contributed by atoms with Gasteiger partial charge in [-0.05, 0) is 23.8 Å². The number of rotatable bonds is 5. The first-order valence-corrected chi connectivity index (χ1v) is 6.61. The van der Waals surface area contributed by atoms with Gasteiger partial charge in [0.25, 0.3) is 0 Å². The van der Waals surface area contributed by atoms with Gasteiger partial charge in [0.05, 0.1) is 13.3 Å². The number of hydrogen-bond acceptors (Lipinski definition) is 3. The zero-order chi connectivity index (χ0) is 13.5. The van der Waals surface area contributed by atoms with Crippen LogP contribution in [-0.4, -0.2) is 13.3 Å². The Balaban J connectivity index is 1.93. The summed E-state index contributed by atoms with van der Waals surface area (Å²) in [5, 5.41) is 3.95. The fourth-order valence-electron chi connectivity index (χ4n) is 1.61. The second kappa shape index (κ2) is 6.95. The number of nitrogens with zero attached hydrogens (tertiary/aromatic N) is 1. The molecule has 0 spiro atoms. The van der Waals surface area contributed by atoms with E-state index in [0.717, 1.165) is 21.3 Å². The topological polar surface area (TPSA) is 30.8 Å². The monoisotopic (exact) mass is 319 g/mol. The minimum absolute atomic E-state index is 0.383. The largest absolute Gasteiger partial charge is 0.496 e. The molecule has 98 valence electrons. The van der Waals surface area contributed by atoms with Gasteiger partial charge in [0, 0.05) is 10.0 Å². The molecular formula is C15H14BrNO2. The van der Waals surface area contributed by atoms with E-state index < -0.39 is 0 Å². The lowest BCUT2D eigenvalue weighted by atomic mass is 10.2. The average molecular weight is 320 g/mol. The highest BCUT2D eigenvalue weighted by molar-refractivity contribution is 9.10. The molecule has 2 aromatic carbocycles. The molecule has 0 aromatic heterocycles. The Morgan fingerprint density at radius 2 is 2.00 bits per heavy atom. The molecular weight excluding hydrogens is 306 g/mol. The van der Waals surface area contributed by atoms with Crippen molar-refractivity contribution in [2.75, 3.05) is 7.11 Å². The lowest BCUT2D eigenvalue weighted by Crippen LogP contribution is -1.93. The van der Waals surface area contributed by atoms with E-state index in [1.165, 1.54) is 0 Å². The summed E-state index contributed by atoms with van der Waals surface area (Å²) in [6, 6.07) is 15.6. The predicted octanol–water partition coefficient (Wildman–Crippen LogP) is 4.01. The van der Waals surface area contributed by atoms with Gasteiger partial charge >= 0.3 is 0 Å². The van der Waals surface area contributed by atoms with Crippen molar-refractivity contribution >= 4 is 22.1 Å². The molecule has 0 amide bonds. The SMILES string of the molecule is COc1ccccc1CON=Cc1cccc(Br)c1. The van der Waals surface area contributed by atoms with Gasteiger partial charge in [-0.25, -0.2) is 0 Å². The maximum absolute atomic E-state index is 5.28. The normalized spacial score (nSPS) is 10.6. The molecule has 0 unspecified atom stereocenters. The number of methoxy groups -OCH3 is 1. The molecule has 0 atom stereocenters. The maximum Gasteiger partial charge on any atom is 0.145 e.